The van der Waals surface area contributed by atoms with Crippen LogP contribution in [0.3, 0.4) is 0 Å². The highest BCUT2D eigenvalue weighted by molar-refractivity contribution is 5.84. The summed E-state index contributed by atoms with van der Waals surface area (Å²) in [7, 11) is 0. The maximum atomic E-state index is 13.5. The van der Waals surface area contributed by atoms with Gasteiger partial charge in [-0.2, -0.15) is 13.2 Å². The predicted octanol–water partition coefficient (Wildman–Crippen LogP) is 10.7. The molecule has 0 spiro atoms. The fourth-order valence-corrected chi connectivity index (χ4v) is 5.54. The lowest BCUT2D eigenvalue weighted by molar-refractivity contribution is -0.138. The molecule has 220 valence electrons. The first-order valence-electron chi connectivity index (χ1n) is 14.8. The minimum atomic E-state index is -4.33. The number of allylic oxidation sites excluding steroid dienone is 1. The van der Waals surface area contributed by atoms with Crippen molar-refractivity contribution in [3.63, 3.8) is 0 Å². The fraction of sp³-hybridized carbons (Fsp3) is 0.389. The van der Waals surface area contributed by atoms with Crippen molar-refractivity contribution in [3.05, 3.63) is 112 Å². The molecule has 2 nitrogen and oxygen atoms in total. The summed E-state index contributed by atoms with van der Waals surface area (Å²) in [6.07, 6.45) is 0.687. The van der Waals surface area contributed by atoms with Crippen LogP contribution in [0.4, 0.5) is 13.2 Å². The van der Waals surface area contributed by atoms with Crippen molar-refractivity contribution in [2.45, 2.75) is 79.9 Å². The van der Waals surface area contributed by atoms with E-state index in [2.05, 4.69) is 80.0 Å². The molecule has 0 saturated carbocycles. The number of aromatic nitrogens is 1. The van der Waals surface area contributed by atoms with Crippen LogP contribution in [0, 0.1) is 13.8 Å². The van der Waals surface area contributed by atoms with E-state index in [9.17, 15) is 13.2 Å². The molecule has 1 unspecified atom stereocenters. The number of rotatable bonds is 4. The Morgan fingerprint density at radius 1 is 0.976 bits per heavy atom. The minimum Gasteiger partial charge on any atom is -0.361 e. The zero-order valence-corrected chi connectivity index (χ0v) is 25.6. The zero-order valence-electron chi connectivity index (χ0n) is 25.6. The van der Waals surface area contributed by atoms with Gasteiger partial charge in [0.2, 0.25) is 0 Å². The number of aromatic amines is 1. The Bertz CT molecular complexity index is 1440. The third-order valence-electron chi connectivity index (χ3n) is 8.20. The van der Waals surface area contributed by atoms with Crippen molar-refractivity contribution in [3.8, 4) is 0 Å². The number of likely N-dealkylation sites (tertiary alicyclic amines) is 1. The molecule has 0 radical (unpaired) electrons. The Kier molecular flexibility index (Phi) is 11.4. The fourth-order valence-electron chi connectivity index (χ4n) is 5.54. The van der Waals surface area contributed by atoms with Gasteiger partial charge >= 0.3 is 6.18 Å². The number of nitrogens with zero attached hydrogens (tertiary/aromatic N) is 1. The molecule has 1 fully saturated rings. The molecule has 0 bridgehead atoms. The van der Waals surface area contributed by atoms with E-state index in [4.69, 9.17) is 0 Å². The maximum Gasteiger partial charge on any atom is 0.416 e. The Hall–Kier alpha value is -3.31. The third-order valence-corrected chi connectivity index (χ3v) is 8.20. The normalized spacial score (nSPS) is 15.9. The van der Waals surface area contributed by atoms with E-state index in [1.165, 1.54) is 50.9 Å². The van der Waals surface area contributed by atoms with Crippen LogP contribution in [-0.2, 0) is 12.6 Å². The van der Waals surface area contributed by atoms with Crippen molar-refractivity contribution in [1.29, 1.82) is 0 Å². The van der Waals surface area contributed by atoms with Crippen LogP contribution in [0.2, 0.25) is 0 Å². The molecule has 3 aromatic carbocycles. The van der Waals surface area contributed by atoms with Crippen molar-refractivity contribution in [1.82, 2.24) is 9.88 Å². The Morgan fingerprint density at radius 2 is 1.71 bits per heavy atom. The largest absolute Gasteiger partial charge is 0.416 e. The van der Waals surface area contributed by atoms with Crippen LogP contribution < -0.4 is 0 Å². The SMILES string of the molecule is C/C(=C1\CCCN(C(C)c2ccccc2C(F)(F)F)C1)c1ccc2[nH]ccc2c1.CC.CCc1cccc(C)c1C. The molecule has 0 amide bonds. The summed E-state index contributed by atoms with van der Waals surface area (Å²) in [5.41, 5.74) is 8.97. The quantitative estimate of drug-likeness (QED) is 0.262. The highest BCUT2D eigenvalue weighted by Crippen LogP contribution is 2.38. The number of piperidine rings is 1. The molecule has 1 atom stereocenters. The Morgan fingerprint density at radius 3 is 2.39 bits per heavy atom. The number of aryl methyl sites for hydroxylation is 2. The second kappa shape index (κ2) is 14.5. The summed E-state index contributed by atoms with van der Waals surface area (Å²) < 4.78 is 40.4. The first-order valence-corrected chi connectivity index (χ1v) is 14.8. The van der Waals surface area contributed by atoms with E-state index >= 15 is 0 Å². The average molecular weight is 563 g/mol. The molecule has 0 aliphatic carbocycles. The maximum absolute atomic E-state index is 13.5. The summed E-state index contributed by atoms with van der Waals surface area (Å²) >= 11 is 0. The molecule has 1 aromatic heterocycles. The number of benzene rings is 3. The molecular weight excluding hydrogens is 517 g/mol. The molecule has 5 heteroatoms. The number of hydrogen-bond donors (Lipinski definition) is 1. The smallest absolute Gasteiger partial charge is 0.361 e. The third kappa shape index (κ3) is 7.91. The van der Waals surface area contributed by atoms with Crippen molar-refractivity contribution in [2.24, 2.45) is 0 Å². The molecule has 4 aromatic rings. The summed E-state index contributed by atoms with van der Waals surface area (Å²) in [5.74, 6) is 0. The highest BCUT2D eigenvalue weighted by Gasteiger charge is 2.35. The zero-order chi connectivity index (χ0) is 30.2. The standard InChI is InChI=1S/C24H25F3N2.C10H14.C2H6/c1-16(18-9-10-23-19(14-18)11-12-28-23)20-6-5-13-29(15-20)17(2)21-7-3-4-8-22(21)24(25,26)27;1-4-10-7-5-6-8(2)9(10)3;1-2/h3-4,7-12,14,17,28H,5-6,13,15H2,1-2H3;5-7H,4H2,1-3H3;1-2H3/b20-16-;;. The molecule has 1 aliphatic heterocycles. The molecule has 41 heavy (non-hydrogen) atoms. The van der Waals surface area contributed by atoms with E-state index in [1.807, 2.05) is 27.0 Å². The number of halogens is 3. The van der Waals surface area contributed by atoms with Gasteiger partial charge in [-0.1, -0.05) is 68.8 Å². The van der Waals surface area contributed by atoms with E-state index in [0.29, 0.717) is 12.1 Å². The number of fused-ring (bicyclic) bond motifs is 1. The molecule has 2 heterocycles. The highest BCUT2D eigenvalue weighted by atomic mass is 19.4. The summed E-state index contributed by atoms with van der Waals surface area (Å²) in [6.45, 7) is 16.1. The second-order valence-electron chi connectivity index (χ2n) is 10.6. The van der Waals surface area contributed by atoms with Gasteiger partial charge in [-0.05, 0) is 117 Å². The summed E-state index contributed by atoms with van der Waals surface area (Å²) in [6, 6.07) is 20.6. The molecule has 1 aliphatic rings. The Labute approximate surface area is 244 Å². The lowest BCUT2D eigenvalue weighted by Gasteiger charge is -2.36. The number of hydrogen-bond acceptors (Lipinski definition) is 1. The topological polar surface area (TPSA) is 19.0 Å². The van der Waals surface area contributed by atoms with Gasteiger partial charge in [0.05, 0.1) is 5.56 Å². The van der Waals surface area contributed by atoms with Gasteiger partial charge in [0.15, 0.2) is 0 Å². The molecule has 1 N–H and O–H groups in total. The van der Waals surface area contributed by atoms with E-state index in [0.717, 1.165) is 31.3 Å². The van der Waals surface area contributed by atoms with Crippen LogP contribution in [0.1, 0.15) is 86.9 Å². The van der Waals surface area contributed by atoms with Gasteiger partial charge in [0, 0.05) is 24.3 Å². The van der Waals surface area contributed by atoms with Crippen molar-refractivity contribution < 1.29 is 13.2 Å². The average Bonchev–Trinajstić information content (AvgIpc) is 3.47. The monoisotopic (exact) mass is 562 g/mol. The van der Waals surface area contributed by atoms with E-state index in [-0.39, 0.29) is 6.04 Å². The number of alkyl halides is 3. The van der Waals surface area contributed by atoms with Gasteiger partial charge in [0.1, 0.15) is 0 Å². The van der Waals surface area contributed by atoms with Gasteiger partial charge in [-0.3, -0.25) is 4.90 Å². The predicted molar refractivity (Wildman–Crippen MR) is 168 cm³/mol. The molecule has 1 saturated heterocycles. The van der Waals surface area contributed by atoms with Gasteiger partial charge in [0.25, 0.3) is 0 Å². The summed E-state index contributed by atoms with van der Waals surface area (Å²) in [5, 5.41) is 1.17. The van der Waals surface area contributed by atoms with Crippen LogP contribution >= 0.6 is 0 Å². The number of nitrogens with one attached hydrogen (secondary N) is 1. The van der Waals surface area contributed by atoms with Crippen molar-refractivity contribution >= 4 is 16.5 Å². The van der Waals surface area contributed by atoms with Gasteiger partial charge in [-0.25, -0.2) is 0 Å². The lowest BCUT2D eigenvalue weighted by Crippen LogP contribution is -2.34. The van der Waals surface area contributed by atoms with Gasteiger partial charge in [-0.15, -0.1) is 0 Å². The first kappa shape index (κ1) is 32.2. The van der Waals surface area contributed by atoms with E-state index < -0.39 is 11.7 Å². The minimum absolute atomic E-state index is 0.289. The van der Waals surface area contributed by atoms with Crippen molar-refractivity contribution in [2.75, 3.05) is 13.1 Å². The van der Waals surface area contributed by atoms with Crippen LogP contribution in [0.5, 0.6) is 0 Å². The first-order chi connectivity index (χ1) is 19.6. The van der Waals surface area contributed by atoms with E-state index in [1.54, 1.807) is 12.1 Å². The molecular formula is C36H45F3N2. The van der Waals surface area contributed by atoms with Gasteiger partial charge < -0.3 is 4.98 Å². The van der Waals surface area contributed by atoms with Crippen LogP contribution in [0.25, 0.3) is 16.5 Å². The van der Waals surface area contributed by atoms with Crippen LogP contribution in [-0.4, -0.2) is 23.0 Å². The second-order valence-corrected chi connectivity index (χ2v) is 10.6. The Balaban J connectivity index is 0.000000324. The number of H-pyrrole nitrogens is 1. The lowest BCUT2D eigenvalue weighted by atomic mass is 9.92. The van der Waals surface area contributed by atoms with Crippen LogP contribution in [0.15, 0.2) is 78.5 Å². The summed E-state index contributed by atoms with van der Waals surface area (Å²) in [4.78, 5) is 5.38. The molecule has 5 rings (SSSR count).